The van der Waals surface area contributed by atoms with E-state index >= 15 is 0 Å². The van der Waals surface area contributed by atoms with Crippen molar-refractivity contribution in [2.75, 3.05) is 13.1 Å². The highest BCUT2D eigenvalue weighted by Crippen LogP contribution is 2.42. The van der Waals surface area contributed by atoms with E-state index in [9.17, 15) is 9.90 Å². The van der Waals surface area contributed by atoms with E-state index in [1.807, 2.05) is 36.7 Å². The molecule has 0 saturated heterocycles. The molecule has 3 heterocycles. The molecule has 42 heavy (non-hydrogen) atoms. The zero-order valence-electron chi connectivity index (χ0n) is 24.9. The first-order valence-electron chi connectivity index (χ1n) is 14.9. The van der Waals surface area contributed by atoms with Gasteiger partial charge in [0.1, 0.15) is 24.6 Å². The van der Waals surface area contributed by atoms with Crippen LogP contribution < -0.4 is 15.0 Å². The van der Waals surface area contributed by atoms with E-state index in [1.54, 1.807) is 0 Å². The number of allylic oxidation sites excluding steroid dienone is 1. The second kappa shape index (κ2) is 13.1. The number of hydrogen-bond acceptors (Lipinski definition) is 6. The van der Waals surface area contributed by atoms with Gasteiger partial charge < -0.3 is 19.2 Å². The summed E-state index contributed by atoms with van der Waals surface area (Å²) in [6, 6.07) is 20.8. The highest BCUT2D eigenvalue weighted by atomic mass is 16.4. The Labute approximate surface area is 248 Å². The summed E-state index contributed by atoms with van der Waals surface area (Å²) in [5.74, 6) is 0.776. The molecule has 218 valence electrons. The van der Waals surface area contributed by atoms with Crippen molar-refractivity contribution in [3.05, 3.63) is 107 Å². The van der Waals surface area contributed by atoms with Crippen LogP contribution in [0.15, 0.2) is 83.2 Å². The van der Waals surface area contributed by atoms with Gasteiger partial charge in [-0.3, -0.25) is 9.97 Å². The number of benzene rings is 1. The molecule has 0 saturated carbocycles. The van der Waals surface area contributed by atoms with E-state index in [1.165, 1.54) is 11.3 Å². The van der Waals surface area contributed by atoms with Gasteiger partial charge in [0.05, 0.1) is 30.5 Å². The fourth-order valence-electron chi connectivity index (χ4n) is 5.77. The van der Waals surface area contributed by atoms with Crippen molar-refractivity contribution < 1.29 is 14.3 Å². The topological polar surface area (TPSA) is 85.3 Å². The van der Waals surface area contributed by atoms with Gasteiger partial charge in [0.2, 0.25) is 5.36 Å². The van der Waals surface area contributed by atoms with Gasteiger partial charge in [-0.2, -0.15) is 0 Å². The van der Waals surface area contributed by atoms with Crippen molar-refractivity contribution in [2.45, 2.75) is 71.4 Å². The zero-order chi connectivity index (χ0) is 29.5. The average Bonchev–Trinajstić information content (AvgIpc) is 2.98. The lowest BCUT2D eigenvalue weighted by molar-refractivity contribution is -0.305. The van der Waals surface area contributed by atoms with Crippen LogP contribution in [0.3, 0.4) is 0 Å². The number of unbranched alkanes of at least 4 members (excludes halogenated alkanes) is 2. The number of fused-ring (bicyclic) bond motifs is 2. The molecular formula is C35H40N4O3. The molecule has 1 aliphatic heterocycles. The van der Waals surface area contributed by atoms with Gasteiger partial charge >= 0.3 is 0 Å². The Bertz CT molecular complexity index is 1530. The predicted molar refractivity (Wildman–Crippen MR) is 163 cm³/mol. The van der Waals surface area contributed by atoms with Crippen molar-refractivity contribution in [3.63, 3.8) is 0 Å². The van der Waals surface area contributed by atoms with Gasteiger partial charge in [0.25, 0.3) is 0 Å². The first kappa shape index (κ1) is 29.2. The Morgan fingerprint density at radius 3 is 2.31 bits per heavy atom. The van der Waals surface area contributed by atoms with Crippen LogP contribution >= 0.6 is 0 Å². The van der Waals surface area contributed by atoms with Crippen molar-refractivity contribution in [1.82, 2.24) is 19.4 Å². The van der Waals surface area contributed by atoms with Crippen molar-refractivity contribution >= 4 is 12.0 Å². The molecule has 7 nitrogen and oxygen atoms in total. The summed E-state index contributed by atoms with van der Waals surface area (Å²) in [5, 5.41) is 11.8. The van der Waals surface area contributed by atoms with E-state index in [0.29, 0.717) is 19.5 Å². The lowest BCUT2D eigenvalue weighted by atomic mass is 9.75. The molecule has 3 aliphatic rings. The Kier molecular flexibility index (Phi) is 9.15. The van der Waals surface area contributed by atoms with Crippen LogP contribution in [-0.2, 0) is 23.3 Å². The Morgan fingerprint density at radius 1 is 0.976 bits per heavy atom. The van der Waals surface area contributed by atoms with Crippen LogP contribution in [-0.4, -0.2) is 33.9 Å². The molecule has 2 aromatic heterocycles. The number of carboxylic acid groups (broad SMARTS) is 1. The van der Waals surface area contributed by atoms with E-state index in [0.717, 1.165) is 66.2 Å². The summed E-state index contributed by atoms with van der Waals surface area (Å²) < 4.78 is 8.99. The molecule has 0 atom stereocenters. The van der Waals surface area contributed by atoms with E-state index in [-0.39, 0.29) is 11.8 Å². The third kappa shape index (κ3) is 7.14. The number of nitrogens with zero attached hydrogens (tertiary/aromatic N) is 4. The lowest BCUT2D eigenvalue weighted by Gasteiger charge is -2.37. The first-order chi connectivity index (χ1) is 20.3. The summed E-state index contributed by atoms with van der Waals surface area (Å²) in [4.78, 5) is 22.3. The maximum atomic E-state index is 10.7. The van der Waals surface area contributed by atoms with E-state index in [2.05, 4.69) is 82.7 Å². The minimum atomic E-state index is -0.973. The highest BCUT2D eigenvalue weighted by Gasteiger charge is 2.33. The number of pyridine rings is 2. The summed E-state index contributed by atoms with van der Waals surface area (Å²) in [6.45, 7) is 9.81. The number of aromatic nitrogens is 2. The van der Waals surface area contributed by atoms with Gasteiger partial charge in [0.15, 0.2) is 0 Å². The smallest absolute Gasteiger partial charge is 0.203 e. The zero-order valence-corrected chi connectivity index (χ0v) is 24.9. The Balaban J connectivity index is 1.49. The fraction of sp³-hybridized carbons (Fsp3) is 0.371. The Hall–Kier alpha value is -4.26. The summed E-state index contributed by atoms with van der Waals surface area (Å²) in [5.41, 5.74) is 5.40. The number of carbonyl (C=O) groups excluding carboxylic acids is 1. The van der Waals surface area contributed by atoms with Crippen molar-refractivity contribution in [3.8, 4) is 11.3 Å². The molecule has 0 amide bonds. The first-order valence-corrected chi connectivity index (χ1v) is 14.9. The normalized spacial score (nSPS) is 14.7. The summed E-state index contributed by atoms with van der Waals surface area (Å²) >= 11 is 0. The number of aliphatic carboxylic acids is 1. The second-order valence-corrected chi connectivity index (χ2v) is 11.7. The third-order valence-electron chi connectivity index (χ3n) is 8.05. The van der Waals surface area contributed by atoms with Gasteiger partial charge in [-0.15, -0.1) is 0 Å². The van der Waals surface area contributed by atoms with Crippen molar-refractivity contribution in [1.29, 1.82) is 0 Å². The van der Waals surface area contributed by atoms with Crippen LogP contribution in [0.1, 0.15) is 75.6 Å². The number of carboxylic acids is 1. The number of carbonyl (C=O) groups is 1. The Morgan fingerprint density at radius 2 is 1.69 bits per heavy atom. The standard InChI is InChI=1S/C35H40N4O3/c1-4-38(19-11-5-6-14-34(40)41)29-16-15-26-20-31-33(42-32(26)21-29)22-30(23-35(31,2)3)39(24-27-12-7-9-17-36-27)25-28-13-8-10-18-37-28/h7-10,12-13,15-18,20-22H,4-6,11,14,19,23-25H2,1-3H3. The van der Waals surface area contributed by atoms with Crippen LogP contribution in [0.2, 0.25) is 0 Å². The fourth-order valence-corrected chi connectivity index (χ4v) is 5.77. The largest absolute Gasteiger partial charge is 0.550 e. The third-order valence-corrected chi connectivity index (χ3v) is 8.05. The number of rotatable bonds is 12. The van der Waals surface area contributed by atoms with Crippen molar-refractivity contribution in [2.24, 2.45) is 0 Å². The SMILES string of the molecule is CC[N+](CCCCCC(=O)[O-])=c1ccc2cc3c(oc-2c1)C=C(N(Cc1ccccn1)Cc1ccccn1)CC3(C)C. The van der Waals surface area contributed by atoms with Gasteiger partial charge in [-0.05, 0) is 74.4 Å². The molecule has 0 unspecified atom stereocenters. The van der Waals surface area contributed by atoms with Crippen LogP contribution in [0.25, 0.3) is 17.4 Å². The molecule has 0 spiro atoms. The maximum Gasteiger partial charge on any atom is 0.203 e. The van der Waals surface area contributed by atoms with Crippen LogP contribution in [0.4, 0.5) is 0 Å². The quantitative estimate of drug-likeness (QED) is 0.178. The minimum absolute atomic E-state index is 0.122. The van der Waals surface area contributed by atoms with Crippen LogP contribution in [0.5, 0.6) is 0 Å². The molecular weight excluding hydrogens is 524 g/mol. The monoisotopic (exact) mass is 564 g/mol. The highest BCUT2D eigenvalue weighted by molar-refractivity contribution is 5.66. The molecule has 5 rings (SSSR count). The summed E-state index contributed by atoms with van der Waals surface area (Å²) in [6.07, 6.45) is 9.34. The lowest BCUT2D eigenvalue weighted by Crippen LogP contribution is -2.32. The van der Waals surface area contributed by atoms with Gasteiger partial charge in [0, 0.05) is 53.8 Å². The van der Waals surface area contributed by atoms with E-state index < -0.39 is 5.97 Å². The maximum absolute atomic E-state index is 10.7. The molecule has 0 radical (unpaired) electrons. The predicted octanol–water partition coefficient (Wildman–Crippen LogP) is 5.00. The second-order valence-electron chi connectivity index (χ2n) is 11.7. The molecule has 0 fully saturated rings. The minimum Gasteiger partial charge on any atom is -0.550 e. The average molecular weight is 565 g/mol. The van der Waals surface area contributed by atoms with Gasteiger partial charge in [-0.25, -0.2) is 4.58 Å². The molecule has 0 N–H and O–H groups in total. The molecule has 7 heteroatoms. The molecule has 0 aromatic carbocycles. The summed E-state index contributed by atoms with van der Waals surface area (Å²) in [7, 11) is 0. The van der Waals surface area contributed by atoms with Gasteiger partial charge in [-0.1, -0.05) is 26.0 Å². The number of hydrogen-bond donors (Lipinski definition) is 0. The molecule has 2 aliphatic carbocycles. The molecule has 2 aromatic rings. The van der Waals surface area contributed by atoms with E-state index in [4.69, 9.17) is 4.42 Å². The molecule has 0 bridgehead atoms. The van der Waals surface area contributed by atoms with Crippen LogP contribution in [0, 0.1) is 0 Å².